The maximum absolute atomic E-state index is 13.5. The average Bonchev–Trinajstić information content (AvgIpc) is 3.18. The summed E-state index contributed by atoms with van der Waals surface area (Å²) in [4.78, 5) is 5.45. The summed E-state index contributed by atoms with van der Waals surface area (Å²) >= 11 is 0. The molecule has 0 spiro atoms. The van der Waals surface area contributed by atoms with Gasteiger partial charge in [0, 0.05) is 28.3 Å². The van der Waals surface area contributed by atoms with Crippen LogP contribution in [0.5, 0.6) is 23.0 Å². The highest BCUT2D eigenvalue weighted by Crippen LogP contribution is 2.42. The fourth-order valence-corrected chi connectivity index (χ4v) is 8.77. The number of benzene rings is 7. The van der Waals surface area contributed by atoms with Gasteiger partial charge in [0.15, 0.2) is 9.95 Å². The second-order valence-electron chi connectivity index (χ2n) is 12.3. The van der Waals surface area contributed by atoms with Crippen LogP contribution in [0.2, 0.25) is 0 Å². The summed E-state index contributed by atoms with van der Waals surface area (Å²) in [5.41, 5.74) is 1.10. The van der Waals surface area contributed by atoms with Crippen LogP contribution >= 0.6 is 0 Å². The van der Waals surface area contributed by atoms with E-state index in [-0.39, 0.29) is 54.2 Å². The molecule has 0 aliphatic carbocycles. The Morgan fingerprint density at radius 2 is 0.870 bits per heavy atom. The molecule has 0 saturated carbocycles. The normalized spacial score (nSPS) is 11.8. The molecule has 0 N–H and O–H groups in total. The first kappa shape index (κ1) is 35.4. The zero-order valence-electron chi connectivity index (χ0n) is 28.2. The average molecular weight is 755 g/mol. The van der Waals surface area contributed by atoms with Gasteiger partial charge in [0.1, 0.15) is 21.3 Å². The smallest absolute Gasteiger partial charge is 0.378 e. The molecule has 0 fully saturated rings. The lowest BCUT2D eigenvalue weighted by atomic mass is 9.71. The molecule has 7 aromatic rings. The second-order valence-corrected chi connectivity index (χ2v) is 15.4. The Morgan fingerprint density at radius 3 is 1.26 bits per heavy atom. The van der Waals surface area contributed by atoms with Crippen molar-refractivity contribution in [2.24, 2.45) is 0 Å². The predicted octanol–water partition coefficient (Wildman–Crippen LogP) is 8.00. The first-order valence-electron chi connectivity index (χ1n) is 16.2. The van der Waals surface area contributed by atoms with Crippen LogP contribution < -0.4 is 18.6 Å². The minimum atomic E-state index is -4.41. The Bertz CT molecular complexity index is 2730. The van der Waals surface area contributed by atoms with E-state index in [1.807, 2.05) is 37.3 Å². The summed E-state index contributed by atoms with van der Waals surface area (Å²) in [6.45, 7) is 1.97. The van der Waals surface area contributed by atoms with Crippen molar-refractivity contribution in [2.45, 2.75) is 22.1 Å². The van der Waals surface area contributed by atoms with Crippen molar-refractivity contribution in [1.82, 2.24) is 0 Å². The van der Waals surface area contributed by atoms with Gasteiger partial charge in [0.2, 0.25) is 10.8 Å². The number of hydrogen-bond acceptors (Lipinski definition) is 10. The molecule has 14 heteroatoms. The summed E-state index contributed by atoms with van der Waals surface area (Å²) in [5.74, 6) is -1.22. The van der Waals surface area contributed by atoms with Crippen molar-refractivity contribution in [3.63, 3.8) is 0 Å². The third-order valence-corrected chi connectivity index (χ3v) is 11.9. The van der Waals surface area contributed by atoms with Crippen molar-refractivity contribution in [3.05, 3.63) is 166 Å². The monoisotopic (exact) mass is 754 g/mol. The van der Waals surface area contributed by atoms with E-state index in [0.717, 1.165) is 16.7 Å². The first-order chi connectivity index (χ1) is 25.9. The minimum Gasteiger partial charge on any atom is -0.867 e. The predicted molar refractivity (Wildman–Crippen MR) is 197 cm³/mol. The SMILES string of the molecule is CC(c1ccccc1)(c1ccc(OS(=O)(=O)c2cccc3c([O-])c([N+]#N)ccc23)cc1)c1ccc(OS(=O)(=O)c2cccc3c([O-])c([N+]#N)ccc23)cc1. The fourth-order valence-electron chi connectivity index (χ4n) is 6.48. The zero-order valence-corrected chi connectivity index (χ0v) is 29.8. The van der Waals surface area contributed by atoms with Crippen LogP contribution in [0.25, 0.3) is 31.5 Å². The number of fused-ring (bicyclic) bond motifs is 2. The molecule has 266 valence electrons. The molecule has 0 radical (unpaired) electrons. The van der Waals surface area contributed by atoms with Crippen LogP contribution in [0.15, 0.2) is 149 Å². The van der Waals surface area contributed by atoms with E-state index < -0.39 is 37.2 Å². The molecule has 0 aromatic heterocycles. The molecule has 12 nitrogen and oxygen atoms in total. The Labute approximate surface area is 309 Å². The van der Waals surface area contributed by atoms with Crippen molar-refractivity contribution in [2.75, 3.05) is 0 Å². The van der Waals surface area contributed by atoms with Gasteiger partial charge in [-0.15, -0.1) is 0 Å². The molecule has 54 heavy (non-hydrogen) atoms. The van der Waals surface area contributed by atoms with E-state index >= 15 is 0 Å². The molecule has 0 aliphatic rings. The highest BCUT2D eigenvalue weighted by molar-refractivity contribution is 7.87. The lowest BCUT2D eigenvalue weighted by Gasteiger charge is -2.32. The van der Waals surface area contributed by atoms with E-state index in [1.165, 1.54) is 84.9 Å². The highest BCUT2D eigenvalue weighted by Gasteiger charge is 2.32. The van der Waals surface area contributed by atoms with E-state index in [0.29, 0.717) is 0 Å². The lowest BCUT2D eigenvalue weighted by Crippen LogP contribution is -2.25. The van der Waals surface area contributed by atoms with E-state index in [2.05, 4.69) is 9.95 Å². The number of diazo groups is 2. The molecular weight excluding hydrogens is 729 g/mol. The van der Waals surface area contributed by atoms with Crippen LogP contribution in [0.4, 0.5) is 11.4 Å². The summed E-state index contributed by atoms with van der Waals surface area (Å²) in [6, 6.07) is 36.0. The molecule has 7 aromatic carbocycles. The fraction of sp³-hybridized carbons (Fsp3) is 0.0500. The third kappa shape index (κ3) is 6.15. The van der Waals surface area contributed by atoms with Gasteiger partial charge in [-0.25, -0.2) is 0 Å². The van der Waals surface area contributed by atoms with E-state index in [4.69, 9.17) is 19.2 Å². The molecule has 0 bridgehead atoms. The van der Waals surface area contributed by atoms with Gasteiger partial charge in [0.05, 0.1) is 0 Å². The van der Waals surface area contributed by atoms with Gasteiger partial charge in [-0.1, -0.05) is 78.9 Å². The zero-order chi connectivity index (χ0) is 38.3. The van der Waals surface area contributed by atoms with E-state index in [9.17, 15) is 27.0 Å². The number of rotatable bonds is 9. The Hall–Kier alpha value is -7.00. The van der Waals surface area contributed by atoms with Gasteiger partial charge >= 0.3 is 31.6 Å². The maximum atomic E-state index is 13.5. The topological polar surface area (TPSA) is 189 Å². The number of hydrogen-bond donors (Lipinski definition) is 0. The van der Waals surface area contributed by atoms with Crippen LogP contribution in [-0.2, 0) is 25.7 Å². The van der Waals surface area contributed by atoms with Crippen LogP contribution in [-0.4, -0.2) is 16.8 Å². The van der Waals surface area contributed by atoms with Crippen molar-refractivity contribution < 1.29 is 35.4 Å². The first-order valence-corrected chi connectivity index (χ1v) is 19.0. The van der Waals surface area contributed by atoms with Gasteiger partial charge in [-0.2, -0.15) is 16.8 Å². The van der Waals surface area contributed by atoms with Crippen LogP contribution in [0.1, 0.15) is 23.6 Å². The molecule has 0 saturated heterocycles. The molecule has 0 aliphatic heterocycles. The van der Waals surface area contributed by atoms with Crippen LogP contribution in [0.3, 0.4) is 0 Å². The third-order valence-electron chi connectivity index (χ3n) is 9.28. The summed E-state index contributed by atoms with van der Waals surface area (Å²) in [5, 5.41) is 43.8. The van der Waals surface area contributed by atoms with Gasteiger partial charge in [0.25, 0.3) is 0 Å². The molecular formula is C40H26N4O8S2. The second kappa shape index (κ2) is 13.5. The van der Waals surface area contributed by atoms with Gasteiger partial charge in [-0.3, -0.25) is 0 Å². The molecule has 0 unspecified atom stereocenters. The maximum Gasteiger partial charge on any atom is 0.378 e. The van der Waals surface area contributed by atoms with Crippen molar-refractivity contribution in [3.8, 4) is 23.0 Å². The summed E-state index contributed by atoms with van der Waals surface area (Å²) in [7, 11) is -8.82. The van der Waals surface area contributed by atoms with Gasteiger partial charge in [-0.05, 0) is 94.4 Å². The highest BCUT2D eigenvalue weighted by atomic mass is 32.2. The summed E-state index contributed by atoms with van der Waals surface area (Å²) < 4.78 is 64.8. The molecule has 0 atom stereocenters. The lowest BCUT2D eigenvalue weighted by molar-refractivity contribution is -0.265. The molecule has 7 rings (SSSR count). The molecule has 0 heterocycles. The van der Waals surface area contributed by atoms with E-state index in [1.54, 1.807) is 24.3 Å². The quantitative estimate of drug-likeness (QED) is 0.0793. The largest absolute Gasteiger partial charge is 0.867 e. The summed E-state index contributed by atoms with van der Waals surface area (Å²) in [6.07, 6.45) is 0. The Kier molecular flexibility index (Phi) is 8.87. The number of nitrogens with zero attached hydrogens (tertiary/aromatic N) is 4. The van der Waals surface area contributed by atoms with Crippen LogP contribution in [0, 0.1) is 10.8 Å². The van der Waals surface area contributed by atoms with Crippen molar-refractivity contribution >= 4 is 53.2 Å². The standard InChI is InChI=1S/C40H26N4O8S2/c1-40(25-7-3-2-4-8-25,26-13-17-28(18-14-26)51-53(47,48)36-11-5-9-32-30(36)21-23-34(43-41)38(32)45)27-15-19-29(20-16-27)52-54(49,50)37-12-6-10-33-31(37)22-24-35(44-42)39(33)46/h2-24H,1H3. The Morgan fingerprint density at radius 1 is 0.481 bits per heavy atom. The molecule has 0 amide bonds. The van der Waals surface area contributed by atoms with Gasteiger partial charge < -0.3 is 18.6 Å². The Balaban J connectivity index is 1.19. The minimum absolute atomic E-state index is 0.0176. The van der Waals surface area contributed by atoms with Crippen molar-refractivity contribution in [1.29, 1.82) is 10.8 Å².